The van der Waals surface area contributed by atoms with E-state index in [-0.39, 0.29) is 17.1 Å². The van der Waals surface area contributed by atoms with Gasteiger partial charge < -0.3 is 10.1 Å². The minimum Gasteiger partial charge on any atom is -0.440 e. The van der Waals surface area contributed by atoms with Crippen molar-refractivity contribution in [3.8, 4) is 11.6 Å². The molecule has 154 valence electrons. The minimum absolute atomic E-state index is 0.187. The average Bonchev–Trinajstić information content (AvgIpc) is 2.75. The molecule has 0 aliphatic carbocycles. The molecule has 0 saturated carbocycles. The van der Waals surface area contributed by atoms with Gasteiger partial charge in [0.25, 0.3) is 0 Å². The molecule has 4 aromatic rings. The van der Waals surface area contributed by atoms with Crippen LogP contribution >= 0.6 is 0 Å². The van der Waals surface area contributed by atoms with E-state index in [9.17, 15) is 13.2 Å². The fourth-order valence-corrected chi connectivity index (χ4v) is 2.85. The lowest BCUT2D eigenvalue weighted by atomic mass is 9.92. The van der Waals surface area contributed by atoms with Gasteiger partial charge in [0.2, 0.25) is 5.88 Å². The number of hydrogen-bond donors (Lipinski definition) is 1. The third-order valence-electron chi connectivity index (χ3n) is 4.33. The Bertz CT molecular complexity index is 1220. The van der Waals surface area contributed by atoms with Crippen LogP contribution in [-0.2, 0) is 12.6 Å². The van der Waals surface area contributed by atoms with Crippen molar-refractivity contribution in [3.05, 3.63) is 66.4 Å². The summed E-state index contributed by atoms with van der Waals surface area (Å²) in [4.78, 5) is 20.4. The molecule has 11 heteroatoms. The Morgan fingerprint density at radius 3 is 2.58 bits per heavy atom. The topological polar surface area (TPSA) is 85.7 Å². The highest BCUT2D eigenvalue weighted by Crippen LogP contribution is 2.31. The Hall–Kier alpha value is -3.76. The summed E-state index contributed by atoms with van der Waals surface area (Å²) in [5, 5.41) is 3.19. The highest BCUT2D eigenvalue weighted by Gasteiger charge is 2.31. The number of nitrogens with one attached hydrogen (secondary N) is 1. The van der Waals surface area contributed by atoms with Gasteiger partial charge in [0, 0.05) is 31.2 Å². The molecule has 4 rings (SSSR count). The largest absolute Gasteiger partial charge is 0.440 e. The number of pyridine rings is 1. The fourth-order valence-electron chi connectivity index (χ4n) is 2.85. The van der Waals surface area contributed by atoms with Crippen LogP contribution in [0.5, 0.6) is 11.6 Å². The van der Waals surface area contributed by atoms with Crippen LogP contribution < -0.4 is 15.5 Å². The summed E-state index contributed by atoms with van der Waals surface area (Å²) in [6, 6.07) is 6.77. The third kappa shape index (κ3) is 4.88. The molecule has 0 bridgehead atoms. The highest BCUT2D eigenvalue weighted by atomic mass is 19.4. The van der Waals surface area contributed by atoms with E-state index in [2.05, 4.69) is 30.2 Å². The molecule has 0 aliphatic rings. The van der Waals surface area contributed by atoms with Crippen LogP contribution in [0.2, 0.25) is 0 Å². The van der Waals surface area contributed by atoms with Crippen LogP contribution in [0, 0.1) is 0 Å². The molecule has 1 aromatic carbocycles. The van der Waals surface area contributed by atoms with Gasteiger partial charge in [0.1, 0.15) is 25.4 Å². The van der Waals surface area contributed by atoms with Gasteiger partial charge in [0.05, 0.1) is 5.56 Å². The van der Waals surface area contributed by atoms with Crippen molar-refractivity contribution in [1.82, 2.24) is 24.9 Å². The number of ether oxygens (including phenoxy) is 1. The first-order valence-electron chi connectivity index (χ1n) is 9.15. The first-order chi connectivity index (χ1) is 14.9. The SMILES string of the molecule is [B]c1cc(CCNc2ncnc3nccnc23)ccc1Oc1cc(C(F)(F)F)ccn1. The zero-order valence-electron chi connectivity index (χ0n) is 16.0. The van der Waals surface area contributed by atoms with Crippen LogP contribution in [0.4, 0.5) is 19.0 Å². The molecule has 2 radical (unpaired) electrons. The summed E-state index contributed by atoms with van der Waals surface area (Å²) in [5.74, 6) is 0.606. The van der Waals surface area contributed by atoms with Crippen molar-refractivity contribution >= 4 is 30.3 Å². The van der Waals surface area contributed by atoms with E-state index in [1.54, 1.807) is 30.6 Å². The van der Waals surface area contributed by atoms with Gasteiger partial charge in [-0.1, -0.05) is 17.6 Å². The van der Waals surface area contributed by atoms with Crippen LogP contribution in [-0.4, -0.2) is 39.3 Å². The molecule has 0 saturated heterocycles. The Balaban J connectivity index is 1.41. The second-order valence-corrected chi connectivity index (χ2v) is 6.48. The number of hydrogen-bond acceptors (Lipinski definition) is 7. The fraction of sp³-hybridized carbons (Fsp3) is 0.150. The quantitative estimate of drug-likeness (QED) is 0.478. The highest BCUT2D eigenvalue weighted by molar-refractivity contribution is 6.34. The maximum Gasteiger partial charge on any atom is 0.416 e. The second kappa shape index (κ2) is 8.54. The normalized spacial score (nSPS) is 11.5. The average molecular weight is 422 g/mol. The van der Waals surface area contributed by atoms with E-state index in [1.807, 2.05) is 0 Å². The Labute approximate surface area is 176 Å². The van der Waals surface area contributed by atoms with E-state index < -0.39 is 11.7 Å². The number of anilines is 1. The van der Waals surface area contributed by atoms with Gasteiger partial charge in [-0.25, -0.2) is 24.9 Å². The Morgan fingerprint density at radius 2 is 1.77 bits per heavy atom. The smallest absolute Gasteiger partial charge is 0.416 e. The predicted molar refractivity (Wildman–Crippen MR) is 108 cm³/mol. The zero-order chi connectivity index (χ0) is 21.8. The number of rotatable bonds is 6. The summed E-state index contributed by atoms with van der Waals surface area (Å²) in [6.45, 7) is 0.539. The molecule has 31 heavy (non-hydrogen) atoms. The summed E-state index contributed by atoms with van der Waals surface area (Å²) < 4.78 is 43.9. The molecule has 3 aromatic heterocycles. The first kappa shape index (κ1) is 20.5. The summed E-state index contributed by atoms with van der Waals surface area (Å²) in [7, 11) is 6.02. The standard InChI is InChI=1S/C20H14BF3N6O/c21-14-9-12(3-5-27-18-17-19(30-11-29-18)28-8-7-26-17)1-2-15(14)31-16-10-13(4-6-25-16)20(22,23)24/h1-2,4,6-11H,3,5H2,(H,27,28,29,30). The first-order valence-corrected chi connectivity index (χ1v) is 9.15. The summed E-state index contributed by atoms with van der Waals surface area (Å²) >= 11 is 0. The van der Waals surface area contributed by atoms with E-state index >= 15 is 0 Å². The van der Waals surface area contributed by atoms with E-state index in [1.165, 1.54) is 6.33 Å². The van der Waals surface area contributed by atoms with Gasteiger partial charge in [-0.05, 0) is 24.1 Å². The molecule has 0 spiro atoms. The number of aromatic nitrogens is 5. The lowest BCUT2D eigenvalue weighted by Crippen LogP contribution is -2.12. The molecule has 3 heterocycles. The lowest BCUT2D eigenvalue weighted by Gasteiger charge is -2.12. The number of fused-ring (bicyclic) bond motifs is 1. The zero-order valence-corrected chi connectivity index (χ0v) is 16.0. The molecule has 0 fully saturated rings. The molecule has 0 atom stereocenters. The van der Waals surface area contributed by atoms with Crippen LogP contribution in [0.3, 0.4) is 0 Å². The van der Waals surface area contributed by atoms with Crippen molar-refractivity contribution in [2.45, 2.75) is 12.6 Å². The molecule has 1 N–H and O–H groups in total. The van der Waals surface area contributed by atoms with Crippen molar-refractivity contribution in [3.63, 3.8) is 0 Å². The van der Waals surface area contributed by atoms with Crippen LogP contribution in [0.25, 0.3) is 11.2 Å². The number of nitrogens with zero attached hydrogens (tertiary/aromatic N) is 5. The van der Waals surface area contributed by atoms with E-state index in [0.29, 0.717) is 29.9 Å². The number of benzene rings is 1. The van der Waals surface area contributed by atoms with Gasteiger partial charge in [0.15, 0.2) is 11.5 Å². The van der Waals surface area contributed by atoms with Gasteiger partial charge >= 0.3 is 6.18 Å². The predicted octanol–water partition coefficient (Wildman–Crippen LogP) is 3.07. The molecular formula is C20H14BF3N6O. The van der Waals surface area contributed by atoms with Crippen molar-refractivity contribution in [1.29, 1.82) is 0 Å². The minimum atomic E-state index is -4.48. The van der Waals surface area contributed by atoms with E-state index in [0.717, 1.165) is 23.9 Å². The third-order valence-corrected chi connectivity index (χ3v) is 4.33. The van der Waals surface area contributed by atoms with Crippen LogP contribution in [0.15, 0.2) is 55.2 Å². The van der Waals surface area contributed by atoms with Gasteiger partial charge in [-0.15, -0.1) is 0 Å². The maximum absolute atomic E-state index is 12.8. The molecule has 0 aliphatic heterocycles. The number of halogens is 3. The van der Waals surface area contributed by atoms with Crippen molar-refractivity contribution in [2.24, 2.45) is 0 Å². The van der Waals surface area contributed by atoms with Gasteiger partial charge in [-0.2, -0.15) is 13.2 Å². The summed E-state index contributed by atoms with van der Waals surface area (Å²) in [5.41, 5.74) is 1.41. The molecule has 7 nitrogen and oxygen atoms in total. The molecule has 0 unspecified atom stereocenters. The maximum atomic E-state index is 12.8. The summed E-state index contributed by atoms with van der Waals surface area (Å²) in [6.07, 6.45) is 1.69. The second-order valence-electron chi connectivity index (χ2n) is 6.48. The van der Waals surface area contributed by atoms with Crippen molar-refractivity contribution in [2.75, 3.05) is 11.9 Å². The lowest BCUT2D eigenvalue weighted by molar-refractivity contribution is -0.137. The Morgan fingerprint density at radius 1 is 0.935 bits per heavy atom. The van der Waals surface area contributed by atoms with Crippen LogP contribution in [0.1, 0.15) is 11.1 Å². The van der Waals surface area contributed by atoms with Crippen molar-refractivity contribution < 1.29 is 17.9 Å². The molecule has 0 amide bonds. The molecular weight excluding hydrogens is 408 g/mol. The monoisotopic (exact) mass is 422 g/mol. The van der Waals surface area contributed by atoms with E-state index in [4.69, 9.17) is 12.6 Å². The Kier molecular flexibility index (Phi) is 5.65. The van der Waals surface area contributed by atoms with Gasteiger partial charge in [-0.3, -0.25) is 0 Å². The number of alkyl halides is 3.